The molecule has 94 valence electrons. The quantitative estimate of drug-likeness (QED) is 0.843. The minimum absolute atomic E-state index is 0.142. The van der Waals surface area contributed by atoms with Crippen molar-refractivity contribution in [2.75, 3.05) is 18.6 Å². The molecule has 0 bridgehead atoms. The summed E-state index contributed by atoms with van der Waals surface area (Å²) in [6, 6.07) is 5.45. The molecule has 1 aromatic carbocycles. The molecule has 0 aliphatic rings. The first kappa shape index (κ1) is 14.0. The third-order valence-electron chi connectivity index (χ3n) is 2.17. The number of hydrogen-bond donors (Lipinski definition) is 2. The fourth-order valence-corrected chi connectivity index (χ4v) is 2.09. The first-order valence-electron chi connectivity index (χ1n) is 5.20. The molecule has 0 saturated heterocycles. The molecular weight excluding hydrogens is 241 g/mol. The Balaban J connectivity index is 2.56. The lowest BCUT2D eigenvalue weighted by molar-refractivity contribution is 0.0725. The molecule has 0 aliphatic carbocycles. The maximum absolute atomic E-state index is 12.9. The van der Waals surface area contributed by atoms with Crippen LogP contribution in [0.5, 0.6) is 0 Å². The van der Waals surface area contributed by atoms with Crippen LogP contribution in [0.15, 0.2) is 24.3 Å². The lowest BCUT2D eigenvalue weighted by Gasteiger charge is -2.22. The highest BCUT2D eigenvalue weighted by Gasteiger charge is 2.20. The van der Waals surface area contributed by atoms with E-state index in [1.807, 2.05) is 6.26 Å². The fourth-order valence-electron chi connectivity index (χ4n) is 1.36. The van der Waals surface area contributed by atoms with E-state index < -0.39 is 11.4 Å². The number of nitrogens with one attached hydrogen (secondary N) is 1. The molecular formula is C12H16FNO2S. The Morgan fingerprint density at radius 2 is 2.29 bits per heavy atom. The largest absolute Gasteiger partial charge is 0.387 e. The molecule has 0 saturated carbocycles. The average molecular weight is 257 g/mol. The van der Waals surface area contributed by atoms with E-state index in [-0.39, 0.29) is 18.0 Å². The first-order valence-corrected chi connectivity index (χ1v) is 6.59. The third-order valence-corrected chi connectivity index (χ3v) is 3.08. The second kappa shape index (κ2) is 6.02. The molecule has 0 heterocycles. The molecule has 0 aliphatic heterocycles. The lowest BCUT2D eigenvalue weighted by Crippen LogP contribution is -2.42. The van der Waals surface area contributed by atoms with Crippen molar-refractivity contribution in [2.45, 2.75) is 12.5 Å². The van der Waals surface area contributed by atoms with Crippen molar-refractivity contribution < 1.29 is 14.3 Å². The van der Waals surface area contributed by atoms with Crippen LogP contribution in [0.4, 0.5) is 4.39 Å². The van der Waals surface area contributed by atoms with Crippen LogP contribution in [0.2, 0.25) is 0 Å². The van der Waals surface area contributed by atoms with Crippen molar-refractivity contribution in [3.63, 3.8) is 0 Å². The fraction of sp³-hybridized carbons (Fsp3) is 0.417. The zero-order valence-corrected chi connectivity index (χ0v) is 10.7. The maximum atomic E-state index is 12.9. The molecule has 3 nitrogen and oxygen atoms in total. The molecule has 17 heavy (non-hydrogen) atoms. The first-order chi connectivity index (χ1) is 7.94. The molecule has 0 radical (unpaired) electrons. The molecule has 0 spiro atoms. The zero-order chi connectivity index (χ0) is 12.9. The van der Waals surface area contributed by atoms with Gasteiger partial charge in [0.2, 0.25) is 0 Å². The predicted molar refractivity (Wildman–Crippen MR) is 67.7 cm³/mol. The normalized spacial score (nSPS) is 14.1. The van der Waals surface area contributed by atoms with E-state index in [0.29, 0.717) is 5.75 Å². The lowest BCUT2D eigenvalue weighted by atomic mass is 10.1. The molecule has 0 fully saturated rings. The van der Waals surface area contributed by atoms with Crippen LogP contribution < -0.4 is 5.32 Å². The summed E-state index contributed by atoms with van der Waals surface area (Å²) in [5, 5.41) is 12.4. The van der Waals surface area contributed by atoms with Crippen molar-refractivity contribution in [1.82, 2.24) is 5.32 Å². The van der Waals surface area contributed by atoms with Crippen molar-refractivity contribution in [2.24, 2.45) is 0 Å². The van der Waals surface area contributed by atoms with Gasteiger partial charge in [-0.1, -0.05) is 6.07 Å². The smallest absolute Gasteiger partial charge is 0.251 e. The minimum Gasteiger partial charge on any atom is -0.387 e. The SMILES string of the molecule is CSC[C@@](C)(O)CNC(=O)c1cccc(F)c1. The van der Waals surface area contributed by atoms with Gasteiger partial charge in [0, 0.05) is 17.9 Å². The highest BCUT2D eigenvalue weighted by atomic mass is 32.2. The maximum Gasteiger partial charge on any atom is 0.251 e. The molecule has 0 aromatic heterocycles. The second-order valence-corrected chi connectivity index (χ2v) is 4.99. The van der Waals surface area contributed by atoms with Crippen LogP contribution in [0, 0.1) is 5.82 Å². The molecule has 1 atom stereocenters. The van der Waals surface area contributed by atoms with Gasteiger partial charge in [0.25, 0.3) is 5.91 Å². The summed E-state index contributed by atoms with van der Waals surface area (Å²) in [6.07, 6.45) is 1.88. The number of halogens is 1. The van der Waals surface area contributed by atoms with Crippen molar-refractivity contribution in [3.8, 4) is 0 Å². The number of carbonyl (C=O) groups is 1. The number of amides is 1. The van der Waals surface area contributed by atoms with E-state index in [1.165, 1.54) is 36.0 Å². The second-order valence-electron chi connectivity index (χ2n) is 4.12. The number of benzene rings is 1. The van der Waals surface area contributed by atoms with Gasteiger partial charge in [-0.05, 0) is 31.4 Å². The minimum atomic E-state index is -0.956. The Morgan fingerprint density at radius 1 is 1.59 bits per heavy atom. The number of carbonyl (C=O) groups excluding carboxylic acids is 1. The summed E-state index contributed by atoms with van der Waals surface area (Å²) in [4.78, 5) is 11.7. The summed E-state index contributed by atoms with van der Waals surface area (Å²) in [5.41, 5.74) is -0.701. The highest BCUT2D eigenvalue weighted by molar-refractivity contribution is 7.98. The van der Waals surface area contributed by atoms with Crippen LogP contribution in [-0.4, -0.2) is 35.2 Å². The molecule has 1 aromatic rings. The Hall–Kier alpha value is -1.07. The van der Waals surface area contributed by atoms with Crippen LogP contribution >= 0.6 is 11.8 Å². The van der Waals surface area contributed by atoms with Crippen molar-refractivity contribution in [3.05, 3.63) is 35.6 Å². The van der Waals surface area contributed by atoms with Crippen LogP contribution in [0.1, 0.15) is 17.3 Å². The summed E-state index contributed by atoms with van der Waals surface area (Å²) >= 11 is 1.50. The Morgan fingerprint density at radius 3 is 2.88 bits per heavy atom. The summed E-state index contributed by atoms with van der Waals surface area (Å²) < 4.78 is 12.9. The molecule has 0 unspecified atom stereocenters. The van der Waals surface area contributed by atoms with Gasteiger partial charge < -0.3 is 10.4 Å². The van der Waals surface area contributed by atoms with Gasteiger partial charge in [-0.3, -0.25) is 4.79 Å². The van der Waals surface area contributed by atoms with E-state index in [9.17, 15) is 14.3 Å². The van der Waals surface area contributed by atoms with Gasteiger partial charge in [-0.25, -0.2) is 4.39 Å². The molecule has 1 rings (SSSR count). The average Bonchev–Trinajstić information content (AvgIpc) is 2.26. The number of rotatable bonds is 5. The molecule has 1 amide bonds. The zero-order valence-electron chi connectivity index (χ0n) is 9.87. The van der Waals surface area contributed by atoms with Crippen molar-refractivity contribution >= 4 is 17.7 Å². The van der Waals surface area contributed by atoms with Crippen molar-refractivity contribution in [1.29, 1.82) is 0 Å². The van der Waals surface area contributed by atoms with Crippen LogP contribution in [0.3, 0.4) is 0 Å². The van der Waals surface area contributed by atoms with E-state index in [1.54, 1.807) is 6.92 Å². The van der Waals surface area contributed by atoms with E-state index in [0.717, 1.165) is 0 Å². The van der Waals surface area contributed by atoms with Gasteiger partial charge in [-0.15, -0.1) is 0 Å². The van der Waals surface area contributed by atoms with E-state index in [4.69, 9.17) is 0 Å². The van der Waals surface area contributed by atoms with Gasteiger partial charge in [0.05, 0.1) is 5.60 Å². The van der Waals surface area contributed by atoms with Gasteiger partial charge >= 0.3 is 0 Å². The Kier molecular flexibility index (Phi) is 4.96. The van der Waals surface area contributed by atoms with Crippen LogP contribution in [0.25, 0.3) is 0 Å². The van der Waals surface area contributed by atoms with Gasteiger partial charge in [0.15, 0.2) is 0 Å². The number of hydrogen-bond acceptors (Lipinski definition) is 3. The summed E-state index contributed by atoms with van der Waals surface area (Å²) in [7, 11) is 0. The standard InChI is InChI=1S/C12H16FNO2S/c1-12(16,8-17-2)7-14-11(15)9-4-3-5-10(13)6-9/h3-6,16H,7-8H2,1-2H3,(H,14,15)/t12-/m0/s1. The molecule has 5 heteroatoms. The number of thioether (sulfide) groups is 1. The van der Waals surface area contributed by atoms with E-state index >= 15 is 0 Å². The number of aliphatic hydroxyl groups is 1. The topological polar surface area (TPSA) is 49.3 Å². The Bertz CT molecular complexity index is 396. The van der Waals surface area contributed by atoms with Gasteiger partial charge in [-0.2, -0.15) is 11.8 Å². The molecule has 2 N–H and O–H groups in total. The van der Waals surface area contributed by atoms with Crippen LogP contribution in [-0.2, 0) is 0 Å². The van der Waals surface area contributed by atoms with Gasteiger partial charge in [0.1, 0.15) is 5.82 Å². The predicted octanol–water partition coefficient (Wildman–Crippen LogP) is 1.67. The summed E-state index contributed by atoms with van der Waals surface area (Å²) in [6.45, 7) is 1.79. The summed E-state index contributed by atoms with van der Waals surface area (Å²) in [5.74, 6) is -0.310. The highest BCUT2D eigenvalue weighted by Crippen LogP contribution is 2.10. The monoisotopic (exact) mass is 257 g/mol. The third kappa shape index (κ3) is 4.75. The van der Waals surface area contributed by atoms with E-state index in [2.05, 4.69) is 5.32 Å². The Labute approximate surface area is 104 Å².